The number of aromatic hydroxyl groups is 1. The summed E-state index contributed by atoms with van der Waals surface area (Å²) in [5.74, 6) is -0.548. The Labute approximate surface area is 150 Å². The van der Waals surface area contributed by atoms with E-state index in [1.165, 1.54) is 17.8 Å². The number of nitrogens with zero attached hydrogens (tertiary/aromatic N) is 3. The molecule has 1 heterocycles. The minimum absolute atomic E-state index is 0.00561. The van der Waals surface area contributed by atoms with Crippen molar-refractivity contribution in [2.24, 2.45) is 0 Å². The second-order valence-electron chi connectivity index (χ2n) is 6.04. The molecule has 3 aromatic rings. The Hall–Kier alpha value is -3.19. The zero-order chi connectivity index (χ0) is 18.7. The fourth-order valence-corrected chi connectivity index (χ4v) is 2.46. The minimum atomic E-state index is -0.881. The fourth-order valence-electron chi connectivity index (χ4n) is 2.46. The van der Waals surface area contributed by atoms with Gasteiger partial charge in [0.2, 0.25) is 0 Å². The second-order valence-corrected chi connectivity index (χ2v) is 6.04. The number of carbonyl (C=O) groups is 1. The third kappa shape index (κ3) is 3.89. The van der Waals surface area contributed by atoms with E-state index in [4.69, 9.17) is 4.74 Å². The number of fused-ring (bicyclic) bond motifs is 1. The average molecular weight is 353 g/mol. The summed E-state index contributed by atoms with van der Waals surface area (Å²) in [7, 11) is 0. The Morgan fingerprint density at radius 2 is 1.88 bits per heavy atom. The minimum Gasteiger partial charge on any atom is -0.506 e. The van der Waals surface area contributed by atoms with Crippen LogP contribution in [-0.2, 0) is 16.0 Å². The second kappa shape index (κ2) is 7.37. The lowest BCUT2D eigenvalue weighted by Gasteiger charge is -2.12. The van der Waals surface area contributed by atoms with Crippen molar-refractivity contribution < 1.29 is 19.7 Å². The van der Waals surface area contributed by atoms with Gasteiger partial charge in [-0.15, -0.1) is 15.0 Å². The summed E-state index contributed by atoms with van der Waals surface area (Å²) in [6, 6.07) is 12.4. The Kier molecular flexibility index (Phi) is 4.99. The third-order valence-electron chi connectivity index (χ3n) is 3.77. The molecule has 0 aliphatic rings. The van der Waals surface area contributed by atoms with Crippen molar-refractivity contribution in [1.82, 2.24) is 15.0 Å². The molecule has 0 spiro atoms. The van der Waals surface area contributed by atoms with E-state index in [1.807, 2.05) is 24.3 Å². The Morgan fingerprint density at radius 3 is 2.46 bits per heavy atom. The number of rotatable bonds is 6. The molecule has 3 rings (SSSR count). The molecule has 0 radical (unpaired) electrons. The Morgan fingerprint density at radius 1 is 1.23 bits per heavy atom. The molecule has 1 unspecified atom stereocenters. The van der Waals surface area contributed by atoms with Gasteiger partial charge in [-0.25, -0.2) is 4.79 Å². The molecule has 0 amide bonds. The zero-order valence-electron chi connectivity index (χ0n) is 14.3. The van der Waals surface area contributed by atoms with Crippen molar-refractivity contribution in [2.45, 2.75) is 19.4 Å². The molecule has 0 bridgehead atoms. The monoisotopic (exact) mass is 353 g/mol. The van der Waals surface area contributed by atoms with Crippen LogP contribution in [0.5, 0.6) is 5.75 Å². The molecule has 26 heavy (non-hydrogen) atoms. The number of hydrogen-bond acceptors (Lipinski definition) is 6. The van der Waals surface area contributed by atoms with E-state index in [1.54, 1.807) is 12.1 Å². The van der Waals surface area contributed by atoms with Gasteiger partial charge in [0.05, 0.1) is 6.10 Å². The predicted molar refractivity (Wildman–Crippen MR) is 96.0 cm³/mol. The predicted octanol–water partition coefficient (Wildman–Crippen LogP) is 2.15. The topological polar surface area (TPSA) is 97.5 Å². The zero-order valence-corrected chi connectivity index (χ0v) is 14.3. The maximum Gasteiger partial charge on any atom is 0.333 e. The molecule has 0 saturated carbocycles. The summed E-state index contributed by atoms with van der Waals surface area (Å²) in [4.78, 5) is 12.7. The van der Waals surface area contributed by atoms with E-state index in [2.05, 4.69) is 16.8 Å². The lowest BCUT2D eigenvalue weighted by molar-refractivity contribution is -0.141. The molecule has 7 nitrogen and oxygen atoms in total. The summed E-state index contributed by atoms with van der Waals surface area (Å²) in [6.07, 6.45) is -0.653. The molecule has 134 valence electrons. The summed E-state index contributed by atoms with van der Waals surface area (Å²) in [5, 5.41) is 28.9. The van der Waals surface area contributed by atoms with Gasteiger partial charge >= 0.3 is 5.97 Å². The van der Waals surface area contributed by atoms with Gasteiger partial charge in [-0.3, -0.25) is 0 Å². The van der Waals surface area contributed by atoms with Gasteiger partial charge in [0.15, 0.2) is 0 Å². The summed E-state index contributed by atoms with van der Waals surface area (Å²) in [5.41, 5.74) is 2.87. The number of phenolic OH excluding ortho intramolecular Hbond substituents is 1. The molecule has 2 aromatic carbocycles. The SMILES string of the molecule is C=C(C)C(=O)OCC(O)Cc1ccc(-n2nc3ccccc3n2)c(O)c1. The first-order valence-electron chi connectivity index (χ1n) is 8.09. The van der Waals surface area contributed by atoms with Crippen LogP contribution in [0.15, 0.2) is 54.6 Å². The quantitative estimate of drug-likeness (QED) is 0.520. The molecule has 1 aromatic heterocycles. The Bertz CT molecular complexity index is 931. The van der Waals surface area contributed by atoms with E-state index in [-0.39, 0.29) is 24.4 Å². The largest absolute Gasteiger partial charge is 0.506 e. The molecular weight excluding hydrogens is 334 g/mol. The van der Waals surface area contributed by atoms with Crippen molar-refractivity contribution in [3.8, 4) is 11.4 Å². The first kappa shape index (κ1) is 17.6. The number of carbonyl (C=O) groups excluding carboxylic acids is 1. The summed E-state index contributed by atoms with van der Waals surface area (Å²) in [6.45, 7) is 4.88. The Balaban J connectivity index is 1.71. The first-order chi connectivity index (χ1) is 12.4. The lowest BCUT2D eigenvalue weighted by Crippen LogP contribution is -2.21. The number of hydrogen-bond donors (Lipinski definition) is 2. The van der Waals surface area contributed by atoms with Gasteiger partial charge in [0.25, 0.3) is 0 Å². The van der Waals surface area contributed by atoms with Crippen molar-refractivity contribution in [3.63, 3.8) is 0 Å². The smallest absolute Gasteiger partial charge is 0.333 e. The molecular formula is C19H19N3O4. The number of aliphatic hydroxyl groups is 1. The molecule has 0 aliphatic heterocycles. The molecule has 0 fully saturated rings. The normalized spacial score (nSPS) is 12.1. The molecule has 2 N–H and O–H groups in total. The van der Waals surface area contributed by atoms with Crippen LogP contribution in [0, 0.1) is 0 Å². The van der Waals surface area contributed by atoms with E-state index < -0.39 is 12.1 Å². The number of phenols is 1. The van der Waals surface area contributed by atoms with Crippen LogP contribution in [0.25, 0.3) is 16.7 Å². The third-order valence-corrected chi connectivity index (χ3v) is 3.77. The number of benzene rings is 2. The number of esters is 1. The van der Waals surface area contributed by atoms with Crippen molar-refractivity contribution >= 4 is 17.0 Å². The van der Waals surface area contributed by atoms with Crippen LogP contribution in [0.4, 0.5) is 0 Å². The first-order valence-corrected chi connectivity index (χ1v) is 8.09. The van der Waals surface area contributed by atoms with Gasteiger partial charge in [-0.1, -0.05) is 24.8 Å². The maximum atomic E-state index is 11.3. The maximum absolute atomic E-state index is 11.3. The highest BCUT2D eigenvalue weighted by molar-refractivity contribution is 5.86. The van der Waals surface area contributed by atoms with Crippen LogP contribution in [-0.4, -0.2) is 43.9 Å². The lowest BCUT2D eigenvalue weighted by atomic mass is 10.1. The van der Waals surface area contributed by atoms with Crippen molar-refractivity contribution in [1.29, 1.82) is 0 Å². The van der Waals surface area contributed by atoms with Gasteiger partial charge in [0.1, 0.15) is 29.1 Å². The van der Waals surface area contributed by atoms with Crippen molar-refractivity contribution in [2.75, 3.05) is 6.61 Å². The van der Waals surface area contributed by atoms with Crippen LogP contribution in [0.1, 0.15) is 12.5 Å². The van der Waals surface area contributed by atoms with Crippen LogP contribution >= 0.6 is 0 Å². The highest BCUT2D eigenvalue weighted by Crippen LogP contribution is 2.23. The van der Waals surface area contributed by atoms with E-state index in [9.17, 15) is 15.0 Å². The number of aromatic nitrogens is 3. The highest BCUT2D eigenvalue weighted by atomic mass is 16.5. The van der Waals surface area contributed by atoms with Gasteiger partial charge in [-0.2, -0.15) is 0 Å². The summed E-state index contributed by atoms with van der Waals surface area (Å²) < 4.78 is 4.92. The van der Waals surface area contributed by atoms with Gasteiger partial charge in [-0.05, 0) is 36.8 Å². The van der Waals surface area contributed by atoms with Gasteiger partial charge < -0.3 is 14.9 Å². The van der Waals surface area contributed by atoms with Crippen LogP contribution in [0.2, 0.25) is 0 Å². The van der Waals surface area contributed by atoms with E-state index in [0.29, 0.717) is 11.3 Å². The highest BCUT2D eigenvalue weighted by Gasteiger charge is 2.13. The molecule has 0 aliphatic carbocycles. The molecule has 1 atom stereocenters. The number of aliphatic hydroxyl groups excluding tert-OH is 1. The molecule has 0 saturated heterocycles. The van der Waals surface area contributed by atoms with Crippen LogP contribution < -0.4 is 0 Å². The fraction of sp³-hybridized carbons (Fsp3) is 0.211. The van der Waals surface area contributed by atoms with E-state index >= 15 is 0 Å². The van der Waals surface area contributed by atoms with Crippen molar-refractivity contribution in [3.05, 3.63) is 60.2 Å². The number of ether oxygens (including phenoxy) is 1. The summed E-state index contributed by atoms with van der Waals surface area (Å²) >= 11 is 0. The molecule has 7 heteroatoms. The average Bonchev–Trinajstić information content (AvgIpc) is 3.03. The van der Waals surface area contributed by atoms with E-state index in [0.717, 1.165) is 11.0 Å². The van der Waals surface area contributed by atoms with Gasteiger partial charge in [0, 0.05) is 12.0 Å². The van der Waals surface area contributed by atoms with Crippen LogP contribution in [0.3, 0.4) is 0 Å². The standard InChI is InChI=1S/C19H19N3O4/c1-12(2)19(25)26-11-14(23)9-13-7-8-17(18(24)10-13)22-20-15-5-3-4-6-16(15)21-22/h3-8,10,14,23-24H,1,9,11H2,2H3.